The summed E-state index contributed by atoms with van der Waals surface area (Å²) < 4.78 is 63.6. The minimum Gasteiger partial charge on any atom is -0.449 e. The summed E-state index contributed by atoms with van der Waals surface area (Å²) in [4.78, 5) is 56.8. The molecule has 4 rings (SSSR count). The molecular weight excluding hydrogens is 584 g/mol. The Morgan fingerprint density at radius 3 is 2.49 bits per heavy atom. The van der Waals surface area contributed by atoms with Gasteiger partial charge < -0.3 is 19.6 Å². The molecule has 13 heteroatoms. The summed E-state index contributed by atoms with van der Waals surface area (Å²) in [5.74, 6) is -3.75. The van der Waals surface area contributed by atoms with Crippen LogP contribution in [0.15, 0.2) is 23.8 Å². The maximum absolute atomic E-state index is 17.4. The number of unbranched alkanes of at least 4 members (excludes halogenated alkanes) is 2. The third kappa shape index (κ3) is 5.09. The molecule has 230 valence electrons. The van der Waals surface area contributed by atoms with Crippen LogP contribution in [0.25, 0.3) is 0 Å². The van der Waals surface area contributed by atoms with Gasteiger partial charge in [0.2, 0.25) is 5.12 Å². The monoisotopic (exact) mass is 622 g/mol. The summed E-state index contributed by atoms with van der Waals surface area (Å²) in [6.07, 6.45) is -0.0509. The van der Waals surface area contributed by atoms with Crippen molar-refractivity contribution in [1.82, 2.24) is 0 Å². The van der Waals surface area contributed by atoms with E-state index in [9.17, 15) is 28.4 Å². The van der Waals surface area contributed by atoms with Gasteiger partial charge in [0.05, 0.1) is 6.10 Å². The van der Waals surface area contributed by atoms with Crippen molar-refractivity contribution in [2.24, 2.45) is 28.6 Å². The van der Waals surface area contributed by atoms with E-state index in [0.29, 0.717) is 18.2 Å². The summed E-state index contributed by atoms with van der Waals surface area (Å²) in [5, 5.41) is 10.8. The van der Waals surface area contributed by atoms with Crippen LogP contribution in [0.4, 0.5) is 13.2 Å². The molecule has 0 amide bonds. The number of rotatable bonds is 9. The van der Waals surface area contributed by atoms with E-state index in [2.05, 4.69) is 0 Å². The summed E-state index contributed by atoms with van der Waals surface area (Å²) >= 11 is 0.333. The van der Waals surface area contributed by atoms with Crippen molar-refractivity contribution in [2.75, 3.05) is 12.2 Å². The van der Waals surface area contributed by atoms with Crippen molar-refractivity contribution in [3.05, 3.63) is 23.8 Å². The molecule has 41 heavy (non-hydrogen) atoms. The molecule has 3 saturated carbocycles. The van der Waals surface area contributed by atoms with Gasteiger partial charge in [-0.05, 0) is 74.4 Å². The zero-order valence-electron chi connectivity index (χ0n) is 23.4. The third-order valence-corrected chi connectivity index (χ3v) is 11.8. The van der Waals surface area contributed by atoms with Crippen LogP contribution >= 0.6 is 19.4 Å². The topological polar surface area (TPSA) is 138 Å². The number of alkyl halides is 3. The molecule has 9 atom stereocenters. The second-order valence-corrected chi connectivity index (χ2v) is 15.1. The number of hydrogen-bond acceptors (Lipinski definition) is 7. The van der Waals surface area contributed by atoms with Gasteiger partial charge in [-0.3, -0.25) is 18.9 Å². The van der Waals surface area contributed by atoms with Crippen LogP contribution in [0, 0.1) is 28.6 Å². The number of allylic oxidation sites excluding steroid dienone is 4. The largest absolute Gasteiger partial charge is 0.449 e. The molecule has 4 aliphatic rings. The fourth-order valence-corrected chi connectivity index (χ4v) is 9.79. The van der Waals surface area contributed by atoms with Crippen LogP contribution in [0.5, 0.6) is 0 Å². The first-order valence-electron chi connectivity index (χ1n) is 13.9. The number of fused-ring (bicyclic) bond motifs is 5. The number of aliphatic hydroxyl groups excluding tert-OH is 1. The molecule has 0 aliphatic heterocycles. The minimum atomic E-state index is -4.17. The molecule has 0 aromatic heterocycles. The summed E-state index contributed by atoms with van der Waals surface area (Å²) in [6, 6.07) is -1.09. The number of esters is 1. The lowest BCUT2D eigenvalue weighted by atomic mass is 9.44. The maximum atomic E-state index is 17.4. The van der Waals surface area contributed by atoms with Gasteiger partial charge in [0.25, 0.3) is 0 Å². The highest BCUT2D eigenvalue weighted by Gasteiger charge is 2.78. The first kappa shape index (κ1) is 32.5. The van der Waals surface area contributed by atoms with Gasteiger partial charge in [0.15, 0.2) is 17.1 Å². The zero-order chi connectivity index (χ0) is 30.6. The van der Waals surface area contributed by atoms with Crippen molar-refractivity contribution in [3.63, 3.8) is 0 Å². The third-order valence-electron chi connectivity index (χ3n) is 10.3. The molecule has 0 saturated heterocycles. The van der Waals surface area contributed by atoms with Crippen LogP contribution in [0.2, 0.25) is 0 Å². The Morgan fingerprint density at radius 2 is 1.85 bits per heavy atom. The molecule has 4 aliphatic carbocycles. The number of carbonyl (C=O) groups excluding carboxylic acids is 3. The van der Waals surface area contributed by atoms with E-state index in [1.54, 1.807) is 13.8 Å². The zero-order valence-corrected chi connectivity index (χ0v) is 25.1. The lowest BCUT2D eigenvalue weighted by molar-refractivity contribution is -0.228. The summed E-state index contributed by atoms with van der Waals surface area (Å²) in [7, 11) is -4.17. The molecule has 8 nitrogen and oxygen atoms in total. The second kappa shape index (κ2) is 11.2. The number of halogens is 3. The fraction of sp³-hybridized carbons (Fsp3) is 0.750. The highest BCUT2D eigenvalue weighted by atomic mass is 32.2. The predicted molar refractivity (Wildman–Crippen MR) is 146 cm³/mol. The van der Waals surface area contributed by atoms with Gasteiger partial charge in [-0.25, -0.2) is 13.2 Å². The van der Waals surface area contributed by atoms with Crippen LogP contribution in [-0.2, 0) is 23.7 Å². The van der Waals surface area contributed by atoms with E-state index in [1.165, 1.54) is 19.1 Å². The van der Waals surface area contributed by atoms with E-state index in [0.717, 1.165) is 6.08 Å². The number of hydrogen-bond donors (Lipinski definition) is 3. The van der Waals surface area contributed by atoms with Gasteiger partial charge in [0, 0.05) is 35.2 Å². The SMILES string of the molecule is C[C@@H]1CC2[C@@H]3C[C@H](F)C4=CC(=O)C=C[C@]4(C)[C@@]3(F)[C@@H](O)C[C@]2(C)[C@@]1(OC(=O)CCCCCP(=O)(O)O)C(=O)SCF. The predicted octanol–water partition coefficient (Wildman–Crippen LogP) is 4.76. The minimum absolute atomic E-state index is 0.0297. The lowest BCUT2D eigenvalue weighted by Crippen LogP contribution is -2.70. The molecule has 0 aromatic rings. The van der Waals surface area contributed by atoms with Crippen molar-refractivity contribution in [3.8, 4) is 0 Å². The van der Waals surface area contributed by atoms with E-state index < -0.39 is 82.6 Å². The van der Waals surface area contributed by atoms with Gasteiger partial charge in [-0.1, -0.05) is 26.3 Å². The molecular formula is C28H38F3O8PS. The van der Waals surface area contributed by atoms with Crippen molar-refractivity contribution >= 4 is 36.2 Å². The molecule has 0 bridgehead atoms. The van der Waals surface area contributed by atoms with E-state index in [-0.39, 0.29) is 50.3 Å². The molecule has 0 heterocycles. The average Bonchev–Trinajstić information content (AvgIpc) is 3.08. The summed E-state index contributed by atoms with van der Waals surface area (Å²) in [6.45, 7) is 4.74. The summed E-state index contributed by atoms with van der Waals surface area (Å²) in [5.41, 5.74) is -7.29. The van der Waals surface area contributed by atoms with E-state index in [1.807, 2.05) is 0 Å². The highest BCUT2D eigenvalue weighted by Crippen LogP contribution is 2.72. The molecule has 0 spiro atoms. The second-order valence-electron chi connectivity index (χ2n) is 12.4. The standard InChI is InChI=1S/C28H38F3O8PS/c1-16-11-18-19-13-21(30)20-12-17(32)8-9-25(20,2)27(19,31)22(33)14-26(18,3)28(16,24(35)41-15-29)39-23(34)7-5-4-6-10-40(36,37)38/h8-9,12,16,18-19,21-22,33H,4-7,10-11,13-15H2,1-3H3,(H2,36,37,38)/t16-,18?,19+,21+,22+,25+,26+,27+,28+/m1/s1. The van der Waals surface area contributed by atoms with Crippen molar-refractivity contribution in [1.29, 1.82) is 0 Å². The number of carbonyl (C=O) groups is 3. The quantitative estimate of drug-likeness (QED) is 0.189. The Hall–Kier alpha value is -1.46. The number of aliphatic hydroxyl groups is 1. The number of thioether (sulfide) groups is 1. The highest BCUT2D eigenvalue weighted by molar-refractivity contribution is 8.13. The smallest absolute Gasteiger partial charge is 0.325 e. The van der Waals surface area contributed by atoms with Crippen LogP contribution < -0.4 is 0 Å². The Balaban J connectivity index is 1.67. The van der Waals surface area contributed by atoms with Crippen molar-refractivity contribution < 1.29 is 51.8 Å². The van der Waals surface area contributed by atoms with Crippen molar-refractivity contribution in [2.45, 2.75) is 89.3 Å². The number of ketones is 1. The normalized spacial score (nSPS) is 41.7. The van der Waals surface area contributed by atoms with Crippen LogP contribution in [0.1, 0.15) is 65.7 Å². The molecule has 0 radical (unpaired) electrons. The lowest BCUT2D eigenvalue weighted by Gasteiger charge is -2.63. The van der Waals surface area contributed by atoms with E-state index >= 15 is 8.78 Å². The van der Waals surface area contributed by atoms with Gasteiger partial charge in [-0.2, -0.15) is 0 Å². The van der Waals surface area contributed by atoms with Gasteiger partial charge in [-0.15, -0.1) is 0 Å². The number of ether oxygens (including phenoxy) is 1. The van der Waals surface area contributed by atoms with E-state index in [4.69, 9.17) is 14.5 Å². The van der Waals surface area contributed by atoms with Crippen LogP contribution in [0.3, 0.4) is 0 Å². The van der Waals surface area contributed by atoms with Gasteiger partial charge >= 0.3 is 13.6 Å². The first-order valence-corrected chi connectivity index (χ1v) is 16.7. The van der Waals surface area contributed by atoms with Gasteiger partial charge in [0.1, 0.15) is 12.2 Å². The molecule has 3 fully saturated rings. The molecule has 1 unspecified atom stereocenters. The Kier molecular flexibility index (Phi) is 8.89. The Labute approximate surface area is 241 Å². The molecule has 0 aromatic carbocycles. The average molecular weight is 623 g/mol. The Morgan fingerprint density at radius 1 is 1.17 bits per heavy atom. The Bertz CT molecular complexity index is 1210. The van der Waals surface area contributed by atoms with Crippen LogP contribution in [-0.4, -0.2) is 67.5 Å². The molecule has 3 N–H and O–H groups in total. The maximum Gasteiger partial charge on any atom is 0.325 e. The fourth-order valence-electron chi connectivity index (χ4n) is 8.37. The first-order chi connectivity index (χ1) is 19.0.